The predicted molar refractivity (Wildman–Crippen MR) is 177 cm³/mol. The molecule has 9 heteroatoms. The molecule has 0 saturated heterocycles. The van der Waals surface area contributed by atoms with Crippen molar-refractivity contribution in [3.05, 3.63) is 0 Å². The minimum atomic E-state index is -4.42. The number of carbonyl (C=O) groups excluding carboxylic acids is 1. The van der Waals surface area contributed by atoms with Crippen molar-refractivity contribution < 1.29 is 26.4 Å². The van der Waals surface area contributed by atoms with Crippen LogP contribution < -0.4 is 5.32 Å². The maximum absolute atomic E-state index is 11.9. The molecule has 41 heavy (non-hydrogen) atoms. The number of hydrogen-bond donors (Lipinski definition) is 1. The summed E-state index contributed by atoms with van der Waals surface area (Å²) in [6.07, 6.45) is 26.7. The number of nitrogens with zero attached hydrogens (tertiary/aromatic N) is 1. The predicted octanol–water partition coefficient (Wildman–Crippen LogP) is 8.24. The second kappa shape index (κ2) is 31.1. The van der Waals surface area contributed by atoms with Gasteiger partial charge in [-0.3, -0.25) is 8.98 Å². The summed E-state index contributed by atoms with van der Waals surface area (Å²) in [5.41, 5.74) is 0. The Morgan fingerprint density at radius 2 is 1.15 bits per heavy atom. The van der Waals surface area contributed by atoms with E-state index in [1.54, 1.807) is 0 Å². The molecule has 0 radical (unpaired) electrons. The van der Waals surface area contributed by atoms with E-state index in [-0.39, 0.29) is 12.5 Å². The monoisotopic (exact) mass is 624 g/mol. The van der Waals surface area contributed by atoms with Crippen LogP contribution in [-0.4, -0.2) is 75.2 Å². The molecule has 0 aliphatic rings. The third kappa shape index (κ3) is 39.7. The summed E-state index contributed by atoms with van der Waals surface area (Å²) < 4.78 is 33.0. The van der Waals surface area contributed by atoms with Gasteiger partial charge in [-0.2, -0.15) is 11.8 Å². The van der Waals surface area contributed by atoms with Crippen molar-refractivity contribution in [1.82, 2.24) is 5.32 Å². The molecule has 0 aliphatic heterocycles. The van der Waals surface area contributed by atoms with Gasteiger partial charge in [0.05, 0.1) is 33.8 Å². The zero-order chi connectivity index (χ0) is 31.1. The minimum absolute atomic E-state index is 0.0914. The van der Waals surface area contributed by atoms with E-state index in [1.807, 2.05) is 0 Å². The molecule has 0 bridgehead atoms. The Morgan fingerprint density at radius 1 is 0.707 bits per heavy atom. The first-order chi connectivity index (χ1) is 19.6. The molecule has 1 amide bonds. The van der Waals surface area contributed by atoms with Crippen LogP contribution in [0.25, 0.3) is 0 Å². The van der Waals surface area contributed by atoms with Crippen molar-refractivity contribution in [3.63, 3.8) is 0 Å². The van der Waals surface area contributed by atoms with E-state index in [0.717, 1.165) is 37.0 Å². The molecule has 0 fully saturated rings. The van der Waals surface area contributed by atoms with E-state index in [1.165, 1.54) is 128 Å². The zero-order valence-electron chi connectivity index (χ0n) is 27.7. The summed E-state index contributed by atoms with van der Waals surface area (Å²) in [4.78, 5) is 11.9. The first kappa shape index (κ1) is 42.8. The lowest BCUT2D eigenvalue weighted by atomic mass is 10.1. The molecule has 0 heterocycles. The highest BCUT2D eigenvalue weighted by molar-refractivity contribution is 7.99. The van der Waals surface area contributed by atoms with E-state index in [0.29, 0.717) is 6.42 Å². The van der Waals surface area contributed by atoms with Crippen LogP contribution in [0, 0.1) is 0 Å². The average molecular weight is 625 g/mol. The van der Waals surface area contributed by atoms with Crippen LogP contribution in [0.4, 0.5) is 0 Å². The Bertz CT molecular complexity index is 660. The molecule has 0 aromatic carbocycles. The van der Waals surface area contributed by atoms with E-state index >= 15 is 0 Å². The third-order valence-corrected chi connectivity index (χ3v) is 9.14. The Morgan fingerprint density at radius 3 is 1.54 bits per heavy atom. The third-order valence-electron chi connectivity index (χ3n) is 7.47. The van der Waals surface area contributed by atoms with Crippen LogP contribution in [-0.2, 0) is 19.4 Å². The molecule has 0 atom stereocenters. The summed E-state index contributed by atoms with van der Waals surface area (Å²) in [5.74, 6) is 2.98. The fraction of sp³-hybridized carbons (Fsp3) is 0.969. The lowest BCUT2D eigenvalue weighted by Gasteiger charge is -2.28. The number of amides is 1. The van der Waals surface area contributed by atoms with Gasteiger partial charge in [-0.25, -0.2) is 8.42 Å². The Labute approximate surface area is 260 Å². The van der Waals surface area contributed by atoms with Crippen molar-refractivity contribution in [1.29, 1.82) is 0 Å². The van der Waals surface area contributed by atoms with E-state index in [9.17, 15) is 17.8 Å². The summed E-state index contributed by atoms with van der Waals surface area (Å²) in [6.45, 7) is 8.96. The van der Waals surface area contributed by atoms with Crippen LogP contribution >= 0.6 is 11.8 Å². The molecule has 0 spiro atoms. The van der Waals surface area contributed by atoms with E-state index in [4.69, 9.17) is 0 Å². The fourth-order valence-corrected chi connectivity index (χ4v) is 5.78. The summed E-state index contributed by atoms with van der Waals surface area (Å²) >= 11 is 2.18. The van der Waals surface area contributed by atoms with Crippen LogP contribution in [0.15, 0.2) is 0 Å². The van der Waals surface area contributed by atoms with Gasteiger partial charge in [0.25, 0.3) is 0 Å². The Balaban J connectivity index is 0. The zero-order valence-corrected chi connectivity index (χ0v) is 29.3. The number of quaternary nitrogens is 1. The summed E-state index contributed by atoms with van der Waals surface area (Å²) in [6, 6.07) is 0. The second-order valence-corrected chi connectivity index (χ2v) is 14.1. The molecule has 0 aliphatic carbocycles. The number of hydrogen-bond acceptors (Lipinski definition) is 6. The topological polar surface area (TPSA) is 95.5 Å². The highest BCUT2D eigenvalue weighted by Crippen LogP contribution is 2.15. The lowest BCUT2D eigenvalue weighted by molar-refractivity contribution is -0.888. The second-order valence-electron chi connectivity index (χ2n) is 11.9. The van der Waals surface area contributed by atoms with E-state index < -0.39 is 10.4 Å². The molecular formula is C32H68N2O5S2. The SMILES string of the molecule is CCCCCCCCCCCCSCCCCCCCCCCC(=O)NCCC[N+](C)(C)CC.CCOS(=O)(=O)[O-]. The van der Waals surface area contributed by atoms with Gasteiger partial charge < -0.3 is 14.4 Å². The summed E-state index contributed by atoms with van der Waals surface area (Å²) in [5, 5.41) is 3.09. The molecule has 1 N–H and O–H groups in total. The molecular weight excluding hydrogens is 556 g/mol. The van der Waals surface area contributed by atoms with Crippen LogP contribution in [0.2, 0.25) is 0 Å². The maximum atomic E-state index is 11.9. The van der Waals surface area contributed by atoms with Gasteiger partial charge in [0, 0.05) is 19.4 Å². The Hall–Kier alpha value is -0.350. The van der Waals surface area contributed by atoms with Crippen molar-refractivity contribution in [2.75, 3.05) is 51.8 Å². The summed E-state index contributed by atoms with van der Waals surface area (Å²) in [7, 11) is 0.0773. The van der Waals surface area contributed by atoms with Gasteiger partial charge in [-0.05, 0) is 44.6 Å². The average Bonchev–Trinajstić information content (AvgIpc) is 2.91. The highest BCUT2D eigenvalue weighted by Gasteiger charge is 2.10. The van der Waals surface area contributed by atoms with E-state index in [2.05, 4.69) is 49.2 Å². The van der Waals surface area contributed by atoms with Gasteiger partial charge in [0.15, 0.2) is 0 Å². The number of thioether (sulfide) groups is 1. The standard InChI is InChI=1S/C30H62N2OS.C2H6O4S/c1-5-7-8-9-10-11-13-16-19-22-28-34-29-23-20-17-14-12-15-18-21-25-30(33)31-26-24-27-32(3,4)6-2;1-2-6-7(3,4)5/h5-29H2,1-4H3;2H2,1H3,(H,3,4,5). The van der Waals surface area contributed by atoms with Crippen molar-refractivity contribution >= 4 is 28.1 Å². The van der Waals surface area contributed by atoms with Crippen molar-refractivity contribution in [2.24, 2.45) is 0 Å². The smallest absolute Gasteiger partial charge is 0.219 e. The molecule has 248 valence electrons. The normalized spacial score (nSPS) is 11.8. The number of carbonyl (C=O) groups is 1. The lowest BCUT2D eigenvalue weighted by Crippen LogP contribution is -2.41. The minimum Gasteiger partial charge on any atom is -0.726 e. The quantitative estimate of drug-likeness (QED) is 0.0390. The molecule has 0 aromatic rings. The largest absolute Gasteiger partial charge is 0.726 e. The van der Waals surface area contributed by atoms with Gasteiger partial charge in [-0.1, -0.05) is 103 Å². The van der Waals surface area contributed by atoms with Crippen LogP contribution in [0.5, 0.6) is 0 Å². The van der Waals surface area contributed by atoms with Crippen molar-refractivity contribution in [2.45, 2.75) is 149 Å². The van der Waals surface area contributed by atoms with Gasteiger partial charge in [0.1, 0.15) is 0 Å². The molecule has 0 aromatic heterocycles. The molecule has 0 rings (SSSR count). The first-order valence-corrected chi connectivity index (χ1v) is 19.3. The molecule has 7 nitrogen and oxygen atoms in total. The highest BCUT2D eigenvalue weighted by atomic mass is 32.3. The fourth-order valence-electron chi connectivity index (χ4n) is 4.47. The van der Waals surface area contributed by atoms with Crippen molar-refractivity contribution in [3.8, 4) is 0 Å². The molecule has 0 saturated carbocycles. The van der Waals surface area contributed by atoms with Gasteiger partial charge in [0.2, 0.25) is 16.3 Å². The first-order valence-electron chi connectivity index (χ1n) is 16.8. The maximum Gasteiger partial charge on any atom is 0.219 e. The van der Waals surface area contributed by atoms with Crippen LogP contribution in [0.3, 0.4) is 0 Å². The van der Waals surface area contributed by atoms with Gasteiger partial charge in [-0.15, -0.1) is 0 Å². The number of nitrogens with one attached hydrogen (secondary N) is 1. The van der Waals surface area contributed by atoms with Crippen LogP contribution in [0.1, 0.15) is 149 Å². The molecule has 0 unspecified atom stereocenters. The Kier molecular flexibility index (Phi) is 32.4. The number of unbranched alkanes of at least 4 members (excludes halogenated alkanes) is 16. The number of rotatable bonds is 29. The van der Waals surface area contributed by atoms with Gasteiger partial charge >= 0.3 is 0 Å².